The smallest absolute Gasteiger partial charge is 0.417 e. The number of nitrogens with one attached hydrogen (secondary N) is 2. The van der Waals surface area contributed by atoms with Gasteiger partial charge in [-0.2, -0.15) is 71.5 Å². The van der Waals surface area contributed by atoms with E-state index in [9.17, 15) is 106 Å². The van der Waals surface area contributed by atoms with E-state index in [1.807, 2.05) is 47.8 Å². The average molecular weight is 1750 g/mol. The van der Waals surface area contributed by atoms with Crippen molar-refractivity contribution >= 4 is 112 Å². The Labute approximate surface area is 654 Å². The summed E-state index contributed by atoms with van der Waals surface area (Å²) in [6.45, 7) is -0.150. The van der Waals surface area contributed by atoms with Crippen LogP contribution >= 0.6 is 69.1 Å². The van der Waals surface area contributed by atoms with Crippen LogP contribution in [0.25, 0.3) is 33.5 Å². The molecule has 12 rings (SSSR count). The number of aromatic nitrogens is 8. The molecule has 113 heavy (non-hydrogen) atoms. The van der Waals surface area contributed by atoms with E-state index in [-0.39, 0.29) is 59.5 Å². The zero-order valence-electron chi connectivity index (χ0n) is 56.2. The number of amides is 2. The molecule has 0 saturated carbocycles. The number of allylic oxidation sites excluding steroid dienone is 1. The molecule has 0 bridgehead atoms. The second kappa shape index (κ2) is 37.5. The number of sulfone groups is 1. The molecule has 44 heteroatoms. The number of ether oxygens (including phenoxy) is 1. The molecule has 596 valence electrons. The van der Waals surface area contributed by atoms with E-state index in [0.717, 1.165) is 80.4 Å². The number of halogens is 21. The third-order valence-electron chi connectivity index (χ3n) is 14.5. The van der Waals surface area contributed by atoms with Crippen molar-refractivity contribution in [2.75, 3.05) is 19.4 Å². The molecule has 0 atom stereocenters. The predicted molar refractivity (Wildman–Crippen MR) is 380 cm³/mol. The maximum absolute atomic E-state index is 13.8. The number of methoxy groups -OCH3 is 1. The van der Waals surface area contributed by atoms with Crippen molar-refractivity contribution in [3.8, 4) is 33.6 Å². The molecule has 7 heterocycles. The number of thiazole rings is 1. The number of hydrogen-bond acceptors (Lipinski definition) is 17. The van der Waals surface area contributed by atoms with E-state index >= 15 is 0 Å². The van der Waals surface area contributed by atoms with Crippen molar-refractivity contribution in [2.45, 2.75) is 53.2 Å². The molecule has 5 aromatic carbocycles. The summed E-state index contributed by atoms with van der Waals surface area (Å²) in [5, 5.41) is 11.3. The number of para-hydroxylation sites is 1. The first kappa shape index (κ1) is 88.2. The van der Waals surface area contributed by atoms with Crippen LogP contribution < -0.4 is 14.8 Å². The fourth-order valence-corrected chi connectivity index (χ4v) is 14.5. The highest BCUT2D eigenvalue weighted by Gasteiger charge is 2.38. The number of sulfonamides is 1. The molecule has 0 unspecified atom stereocenters. The first-order valence-electron chi connectivity index (χ1n) is 30.9. The Balaban J connectivity index is 0.000000180. The average Bonchev–Trinajstić information content (AvgIpc) is 1.67. The van der Waals surface area contributed by atoms with Crippen LogP contribution in [0.4, 0.5) is 74.6 Å². The van der Waals surface area contributed by atoms with Gasteiger partial charge in [0.25, 0.3) is 27.7 Å². The van der Waals surface area contributed by atoms with Gasteiger partial charge in [-0.25, -0.2) is 49.4 Å². The monoisotopic (exact) mass is 1750 g/mol. The molecule has 0 spiro atoms. The van der Waals surface area contributed by atoms with Crippen molar-refractivity contribution in [3.63, 3.8) is 0 Å². The summed E-state index contributed by atoms with van der Waals surface area (Å²) in [4.78, 5) is 52.4. The van der Waals surface area contributed by atoms with Crippen LogP contribution in [-0.2, 0) is 57.4 Å². The maximum atomic E-state index is 13.8. The highest BCUT2D eigenvalue weighted by Crippen LogP contribution is 2.37. The van der Waals surface area contributed by atoms with Gasteiger partial charge in [0.2, 0.25) is 20.0 Å². The Hall–Kier alpha value is -10.4. The molecule has 19 nitrogen and oxygen atoms in total. The van der Waals surface area contributed by atoms with Gasteiger partial charge in [0.15, 0.2) is 28.9 Å². The fraction of sp³-hybridized carbons (Fsp3) is 0.145. The Morgan fingerprint density at radius 2 is 1.26 bits per heavy atom. The van der Waals surface area contributed by atoms with Gasteiger partial charge < -0.3 is 19.0 Å². The van der Waals surface area contributed by atoms with E-state index in [2.05, 4.69) is 35.5 Å². The quantitative estimate of drug-likeness (QED) is 0.0598. The number of fused-ring (bicyclic) bond motifs is 1. The summed E-state index contributed by atoms with van der Waals surface area (Å²) in [5.41, 5.74) is -5.12. The second-order valence-corrected chi connectivity index (χ2v) is 30.0. The van der Waals surface area contributed by atoms with Crippen molar-refractivity contribution in [2.24, 2.45) is 0 Å². The summed E-state index contributed by atoms with van der Waals surface area (Å²) < 4.78 is 279. The molecule has 0 radical (unpaired) electrons. The van der Waals surface area contributed by atoms with Gasteiger partial charge in [0.05, 0.1) is 84.6 Å². The van der Waals surface area contributed by atoms with Crippen LogP contribution in [0, 0.1) is 11.6 Å². The predicted octanol–water partition coefficient (Wildman–Crippen LogP) is 19.6. The third-order valence-corrected chi connectivity index (χ3v) is 21.1. The van der Waals surface area contributed by atoms with Gasteiger partial charge >= 0.3 is 30.8 Å². The van der Waals surface area contributed by atoms with Crippen LogP contribution in [-0.4, -0.2) is 93.1 Å². The zero-order valence-corrected chi connectivity index (χ0v) is 62.5. The van der Waals surface area contributed by atoms with Gasteiger partial charge in [0, 0.05) is 61.4 Å². The first-order valence-corrected chi connectivity index (χ1v) is 37.3. The number of ketones is 1. The van der Waals surface area contributed by atoms with E-state index < -0.39 is 154 Å². The molecule has 0 aliphatic rings. The van der Waals surface area contributed by atoms with E-state index in [1.54, 1.807) is 16.1 Å². The Morgan fingerprint density at radius 3 is 1.84 bits per heavy atom. The van der Waals surface area contributed by atoms with Crippen molar-refractivity contribution < 1.29 is 115 Å². The van der Waals surface area contributed by atoms with E-state index in [4.69, 9.17) is 55.7 Å². The number of nitrogens with zero attached hydrogens (tertiary/aromatic N) is 8. The van der Waals surface area contributed by atoms with Gasteiger partial charge in [-0.15, -0.1) is 11.3 Å². The fourth-order valence-electron chi connectivity index (χ4n) is 9.23. The standard InChI is InChI=1S/C18H11F5N2O.C16H10Cl2F3N3O4S.C16H11ClF6N2O.C12H8N2OS.C7H5ClF3NO2S2/c19-14-6-3-7-15(20)17(14)25-9-8-11(24-25)10-16(26)12-4-1-2-5-13(12)18(21,22)23;1-28-9-2-3-10(17)13(5-9)29(26,27)23-15(25)12-7-24-6-8(16(19,20)21)4-11(18)14(24)22-12;17-12-7-9(15(18,19)20)8-25-13(12)5-6-24-14(26)10-3-1-2-4-11(10)16(21,22)23;1-2-5-9(6-3-1)11-13-12(15-14-11)10-7-4-8-16-10;8-5-3-12-7(15-5)16(13,14)2-1-4(9)6(10)11/h1-9H,10H2;2-7H,1H3,(H,23,25);1-4,7-8H,5-6H2,(H,24,26);1-8H;3H,1-2H2. The van der Waals surface area contributed by atoms with Crippen molar-refractivity contribution in [3.05, 3.63) is 275 Å². The number of imidazole rings is 1. The van der Waals surface area contributed by atoms with Gasteiger partial charge in [-0.3, -0.25) is 19.4 Å². The van der Waals surface area contributed by atoms with Crippen LogP contribution in [0.5, 0.6) is 5.75 Å². The molecular formula is C69H45Cl4F17N10O9S4. The SMILES string of the molecule is COc1ccc(Cl)c(S(=O)(=O)NC(=O)c2cn3cc(C(F)(F)F)cc(Cl)c3n2)c1.O=C(Cc1ccn(-c2c(F)cccc2F)n1)c1ccccc1C(F)(F)F.O=C(NCCc1ncc(C(F)(F)F)cc1Cl)c1ccccc1C(F)(F)F.O=S(=O)(CCC(F)=C(F)F)c1ncc(Cl)s1.c1ccc(-c2noc(-c3cccs3)n2)cc1. The number of Topliss-reactive ketones (excluding diaryl/α,β-unsaturated/α-hetero) is 1. The number of alkyl halides is 12. The minimum Gasteiger partial charge on any atom is -0.497 e. The van der Waals surface area contributed by atoms with E-state index in [0.29, 0.717) is 47.6 Å². The Morgan fingerprint density at radius 1 is 0.637 bits per heavy atom. The number of benzene rings is 5. The lowest BCUT2D eigenvalue weighted by Gasteiger charge is -2.13. The minimum absolute atomic E-state index is 0.0447. The number of thiophene rings is 1. The van der Waals surface area contributed by atoms with Gasteiger partial charge in [-0.05, 0) is 72.1 Å². The molecule has 0 aliphatic carbocycles. The molecule has 0 aliphatic heterocycles. The molecule has 2 N–H and O–H groups in total. The number of carbonyl (C=O) groups excluding carboxylic acids is 3. The van der Waals surface area contributed by atoms with Crippen molar-refractivity contribution in [1.29, 1.82) is 0 Å². The topological polar surface area (TPSA) is 253 Å². The Kier molecular flexibility index (Phi) is 29.3. The lowest BCUT2D eigenvalue weighted by Crippen LogP contribution is -2.31. The second-order valence-electron chi connectivity index (χ2n) is 22.3. The summed E-state index contributed by atoms with van der Waals surface area (Å²) in [5.74, 6) is -5.75. The lowest BCUT2D eigenvalue weighted by atomic mass is 10.0. The lowest BCUT2D eigenvalue weighted by molar-refractivity contribution is -0.138. The number of pyridine rings is 2. The van der Waals surface area contributed by atoms with Crippen LogP contribution in [0.2, 0.25) is 19.4 Å². The molecule has 12 aromatic rings. The number of hydrogen-bond donors (Lipinski definition) is 2. The summed E-state index contributed by atoms with van der Waals surface area (Å²) in [6.07, 6.45) is -17.9. The number of rotatable bonds is 18. The molecule has 7 aromatic heterocycles. The van der Waals surface area contributed by atoms with Crippen LogP contribution in [0.3, 0.4) is 0 Å². The highest BCUT2D eigenvalue weighted by molar-refractivity contribution is 7.93. The van der Waals surface area contributed by atoms with E-state index in [1.165, 1.54) is 55.8 Å². The summed E-state index contributed by atoms with van der Waals surface area (Å²) >= 11 is 25.2. The molecular weight excluding hydrogens is 1710 g/mol. The Bertz CT molecular complexity index is 5630. The van der Waals surface area contributed by atoms with Crippen LogP contribution in [0.15, 0.2) is 208 Å². The highest BCUT2D eigenvalue weighted by atomic mass is 35.5. The number of carbonyl (C=O) groups is 3. The maximum Gasteiger partial charge on any atom is 0.417 e. The largest absolute Gasteiger partial charge is 0.497 e. The minimum atomic E-state index is -4.69. The third kappa shape index (κ3) is 24.1. The molecule has 2 amide bonds. The van der Waals surface area contributed by atoms with Crippen molar-refractivity contribution in [1.82, 2.24) is 49.3 Å². The van der Waals surface area contributed by atoms with Gasteiger partial charge in [0.1, 0.15) is 26.4 Å². The summed E-state index contributed by atoms with van der Waals surface area (Å²) in [7, 11) is -6.96. The molecule has 0 fully saturated rings. The normalized spacial score (nSPS) is 11.7. The molecule has 0 saturated heterocycles. The summed E-state index contributed by atoms with van der Waals surface area (Å²) in [6, 6.07) is 32.2. The van der Waals surface area contributed by atoms with Crippen LogP contribution in [0.1, 0.15) is 71.3 Å². The van der Waals surface area contributed by atoms with Gasteiger partial charge in [-0.1, -0.05) is 136 Å². The first-order chi connectivity index (χ1) is 52.9. The zero-order chi connectivity index (χ0) is 83.1.